The number of amides is 2. The summed E-state index contributed by atoms with van der Waals surface area (Å²) in [6.45, 7) is -2.38. The van der Waals surface area contributed by atoms with E-state index in [1.54, 1.807) is 24.3 Å². The van der Waals surface area contributed by atoms with E-state index in [2.05, 4.69) is 15.5 Å². The lowest BCUT2D eigenvalue weighted by atomic mass is 10.0. The van der Waals surface area contributed by atoms with Gasteiger partial charge in [0.2, 0.25) is 6.79 Å². The van der Waals surface area contributed by atoms with E-state index in [0.29, 0.717) is 35.2 Å². The zero-order valence-corrected chi connectivity index (χ0v) is 21.0. The van der Waals surface area contributed by atoms with Crippen LogP contribution in [0.5, 0.6) is 28.7 Å². The third-order valence-electron chi connectivity index (χ3n) is 6.28. The van der Waals surface area contributed by atoms with Gasteiger partial charge in [-0.25, -0.2) is 9.80 Å². The van der Waals surface area contributed by atoms with Crippen LogP contribution in [-0.2, 0) is 0 Å². The van der Waals surface area contributed by atoms with E-state index in [1.807, 2.05) is 48.5 Å². The maximum atomic E-state index is 13.2. The highest BCUT2D eigenvalue weighted by Gasteiger charge is 2.28. The Labute approximate surface area is 228 Å². The number of rotatable bonds is 7. The summed E-state index contributed by atoms with van der Waals surface area (Å²) in [5.74, 6) is 2.37. The first-order valence-electron chi connectivity index (χ1n) is 12.4. The Bertz CT molecular complexity index is 1540. The van der Waals surface area contributed by atoms with Crippen LogP contribution in [0.2, 0.25) is 0 Å². The molecule has 0 spiro atoms. The number of nitrogens with one attached hydrogen (secondary N) is 2. The van der Waals surface area contributed by atoms with E-state index >= 15 is 0 Å². The molecule has 0 radical (unpaired) electrons. The average Bonchev–Trinajstić information content (AvgIpc) is 3.63. The smallest absolute Gasteiger partial charge is 0.387 e. The molecule has 4 aromatic rings. The molecule has 0 aromatic heterocycles. The number of ether oxygens (including phenoxy) is 4. The van der Waals surface area contributed by atoms with E-state index < -0.39 is 6.61 Å². The van der Waals surface area contributed by atoms with Crippen molar-refractivity contribution in [2.45, 2.75) is 6.61 Å². The van der Waals surface area contributed by atoms with Crippen molar-refractivity contribution in [3.05, 3.63) is 108 Å². The van der Waals surface area contributed by atoms with Crippen LogP contribution >= 0.6 is 0 Å². The lowest BCUT2D eigenvalue weighted by Crippen LogP contribution is -2.40. The number of halogens is 2. The van der Waals surface area contributed by atoms with Gasteiger partial charge in [0.05, 0.1) is 12.2 Å². The Kier molecular flexibility index (Phi) is 6.80. The number of anilines is 1. The summed E-state index contributed by atoms with van der Waals surface area (Å²) in [6.07, 6.45) is 0. The van der Waals surface area contributed by atoms with E-state index in [4.69, 9.17) is 14.2 Å². The number of carbonyl (C=O) groups excluding carboxylic acids is 1. The predicted octanol–water partition coefficient (Wildman–Crippen LogP) is 6.73. The first-order chi connectivity index (χ1) is 19.5. The summed E-state index contributed by atoms with van der Waals surface area (Å²) in [5.41, 5.74) is 7.44. The normalized spacial score (nSPS) is 13.8. The van der Waals surface area contributed by atoms with Crippen LogP contribution in [-0.4, -0.2) is 31.0 Å². The minimum atomic E-state index is -2.89. The van der Waals surface area contributed by atoms with Gasteiger partial charge in [-0.05, 0) is 71.8 Å². The van der Waals surface area contributed by atoms with Crippen molar-refractivity contribution < 1.29 is 32.5 Å². The lowest BCUT2D eigenvalue weighted by molar-refractivity contribution is -0.0498. The summed E-state index contributed by atoms with van der Waals surface area (Å²) in [6, 6.07) is 27.9. The zero-order chi connectivity index (χ0) is 27.5. The number of nitrogens with zero attached hydrogens (tertiary/aromatic N) is 1. The van der Waals surface area contributed by atoms with Gasteiger partial charge in [-0.3, -0.25) is 5.43 Å². The van der Waals surface area contributed by atoms with Gasteiger partial charge in [0.25, 0.3) is 0 Å². The highest BCUT2D eigenvalue weighted by molar-refractivity contribution is 5.98. The van der Waals surface area contributed by atoms with E-state index in [-0.39, 0.29) is 18.6 Å². The van der Waals surface area contributed by atoms with Crippen molar-refractivity contribution in [3.63, 3.8) is 0 Å². The highest BCUT2D eigenvalue weighted by atomic mass is 19.3. The summed E-state index contributed by atoms with van der Waals surface area (Å²) in [7, 11) is 0. The molecular formula is C30H23F2N3O5. The molecule has 202 valence electrons. The van der Waals surface area contributed by atoms with Gasteiger partial charge in [0, 0.05) is 11.3 Å². The number of hydrogen-bond donors (Lipinski definition) is 2. The van der Waals surface area contributed by atoms with Crippen molar-refractivity contribution in [3.8, 4) is 28.7 Å². The summed E-state index contributed by atoms with van der Waals surface area (Å²) in [4.78, 5) is 13.2. The number of hydrogen-bond acceptors (Lipinski definition) is 6. The number of hydrazine groups is 1. The van der Waals surface area contributed by atoms with Gasteiger partial charge < -0.3 is 24.3 Å². The van der Waals surface area contributed by atoms with Crippen LogP contribution in [0.1, 0.15) is 11.1 Å². The molecule has 0 bridgehead atoms. The third kappa shape index (κ3) is 5.46. The second-order valence-electron chi connectivity index (χ2n) is 8.89. The molecule has 0 fully saturated rings. The van der Waals surface area contributed by atoms with Crippen LogP contribution in [0.3, 0.4) is 0 Å². The molecule has 40 heavy (non-hydrogen) atoms. The molecule has 10 heteroatoms. The van der Waals surface area contributed by atoms with Crippen molar-refractivity contribution in [1.29, 1.82) is 0 Å². The van der Waals surface area contributed by atoms with Gasteiger partial charge in [0.1, 0.15) is 17.2 Å². The number of benzene rings is 4. The molecule has 6 rings (SSSR count). The van der Waals surface area contributed by atoms with Crippen molar-refractivity contribution in [1.82, 2.24) is 10.4 Å². The average molecular weight is 544 g/mol. The molecule has 4 aromatic carbocycles. The topological polar surface area (TPSA) is 81.3 Å². The molecule has 2 N–H and O–H groups in total. The van der Waals surface area contributed by atoms with E-state index in [0.717, 1.165) is 22.4 Å². The zero-order valence-electron chi connectivity index (χ0n) is 21.0. The second-order valence-corrected chi connectivity index (χ2v) is 8.89. The minimum Gasteiger partial charge on any atom is -0.457 e. The van der Waals surface area contributed by atoms with Crippen LogP contribution in [0.25, 0.3) is 11.3 Å². The fourth-order valence-electron chi connectivity index (χ4n) is 4.39. The first-order valence-corrected chi connectivity index (χ1v) is 12.4. The minimum absolute atomic E-state index is 0.0440. The number of urea groups is 1. The Hall–Kier alpha value is -5.25. The Morgan fingerprint density at radius 3 is 2.23 bits per heavy atom. The van der Waals surface area contributed by atoms with Crippen LogP contribution in [0, 0.1) is 0 Å². The fraction of sp³-hybridized carbons (Fsp3) is 0.100. The monoisotopic (exact) mass is 543 g/mol. The SMILES string of the molecule is O=C(Nc1ccc(Oc2ccc(OC(F)F)cc2)cc1)N1CC(c2ccc3c(c2)OCO3)=C(c2ccccc2)N1. The summed E-state index contributed by atoms with van der Waals surface area (Å²) >= 11 is 0. The van der Waals surface area contributed by atoms with Gasteiger partial charge in [-0.2, -0.15) is 8.78 Å². The predicted molar refractivity (Wildman–Crippen MR) is 144 cm³/mol. The number of fused-ring (bicyclic) bond motifs is 1. The molecule has 0 aliphatic carbocycles. The molecule has 2 amide bonds. The van der Waals surface area contributed by atoms with Crippen molar-refractivity contribution >= 4 is 23.0 Å². The van der Waals surface area contributed by atoms with E-state index in [9.17, 15) is 13.6 Å². The second kappa shape index (κ2) is 10.9. The standard InChI is InChI=1S/C30H23F2N3O5/c31-29(32)40-24-13-11-23(12-14-24)39-22-9-7-21(8-10-22)33-30(36)35-17-25(28(34-35)19-4-2-1-3-5-19)20-6-15-26-27(16-20)38-18-37-26/h1-16,29,34H,17-18H2,(H,33,36). The Morgan fingerprint density at radius 1 is 0.825 bits per heavy atom. The molecule has 0 saturated carbocycles. The third-order valence-corrected chi connectivity index (χ3v) is 6.28. The van der Waals surface area contributed by atoms with E-state index in [1.165, 1.54) is 29.3 Å². The largest absolute Gasteiger partial charge is 0.457 e. The number of alkyl halides is 2. The molecule has 2 heterocycles. The molecular weight excluding hydrogens is 520 g/mol. The van der Waals surface area contributed by atoms with Gasteiger partial charge in [0.15, 0.2) is 11.5 Å². The van der Waals surface area contributed by atoms with Gasteiger partial charge in [-0.15, -0.1) is 0 Å². The molecule has 2 aliphatic rings. The van der Waals surface area contributed by atoms with Crippen LogP contribution in [0.15, 0.2) is 97.1 Å². The fourth-order valence-corrected chi connectivity index (χ4v) is 4.39. The van der Waals surface area contributed by atoms with Crippen molar-refractivity contribution in [2.75, 3.05) is 18.7 Å². The van der Waals surface area contributed by atoms with Crippen LogP contribution in [0.4, 0.5) is 19.3 Å². The quantitative estimate of drug-likeness (QED) is 0.269. The summed E-state index contributed by atoms with van der Waals surface area (Å²) < 4.78 is 45.8. The highest BCUT2D eigenvalue weighted by Crippen LogP contribution is 2.38. The van der Waals surface area contributed by atoms with Crippen molar-refractivity contribution in [2.24, 2.45) is 0 Å². The Morgan fingerprint density at radius 2 is 1.50 bits per heavy atom. The maximum Gasteiger partial charge on any atom is 0.387 e. The molecule has 0 saturated heterocycles. The molecule has 0 unspecified atom stereocenters. The van der Waals surface area contributed by atoms with Gasteiger partial charge in [-0.1, -0.05) is 36.4 Å². The Balaban J connectivity index is 1.13. The van der Waals surface area contributed by atoms with Crippen LogP contribution < -0.4 is 29.7 Å². The number of carbonyl (C=O) groups is 1. The lowest BCUT2D eigenvalue weighted by Gasteiger charge is -2.19. The summed E-state index contributed by atoms with van der Waals surface area (Å²) in [5, 5.41) is 4.41. The molecule has 0 atom stereocenters. The first kappa shape index (κ1) is 25.1. The molecule has 2 aliphatic heterocycles. The molecule has 8 nitrogen and oxygen atoms in total. The van der Waals surface area contributed by atoms with Gasteiger partial charge >= 0.3 is 12.6 Å². The maximum absolute atomic E-state index is 13.2.